The molecule has 0 saturated carbocycles. The lowest BCUT2D eigenvalue weighted by molar-refractivity contribution is -0.116. The van der Waals surface area contributed by atoms with E-state index in [1.807, 2.05) is 0 Å². The van der Waals surface area contributed by atoms with Gasteiger partial charge >= 0.3 is 0 Å². The molecule has 1 aliphatic carbocycles. The monoisotopic (exact) mass is 429 g/mol. The van der Waals surface area contributed by atoms with Crippen molar-refractivity contribution in [2.45, 2.75) is 32.7 Å². The summed E-state index contributed by atoms with van der Waals surface area (Å²) in [4.78, 5) is 46.6. The fourth-order valence-electron chi connectivity index (χ4n) is 3.15. The highest BCUT2D eigenvalue weighted by atomic mass is 32.1. The van der Waals surface area contributed by atoms with E-state index in [0.29, 0.717) is 16.2 Å². The van der Waals surface area contributed by atoms with Crippen LogP contribution in [0.5, 0.6) is 0 Å². The van der Waals surface area contributed by atoms with E-state index in [4.69, 9.17) is 0 Å². The number of aryl methyl sites for hydroxylation is 1. The number of rotatable bonds is 5. The lowest BCUT2D eigenvalue weighted by atomic mass is 9.93. The summed E-state index contributed by atoms with van der Waals surface area (Å²) in [6.45, 7) is 2.01. The average molecular weight is 430 g/mol. The van der Waals surface area contributed by atoms with Crippen molar-refractivity contribution in [1.82, 2.24) is 14.5 Å². The number of fused-ring (bicyclic) bond motifs is 1. The summed E-state index contributed by atoms with van der Waals surface area (Å²) in [6.07, 6.45) is 5.99. The van der Waals surface area contributed by atoms with E-state index in [0.717, 1.165) is 25.0 Å². The zero-order valence-corrected chi connectivity index (χ0v) is 17.3. The third kappa shape index (κ3) is 4.60. The zero-order valence-electron chi connectivity index (χ0n) is 15.7. The Hall–Kier alpha value is -2.85. The van der Waals surface area contributed by atoms with Crippen LogP contribution in [-0.2, 0) is 24.2 Å². The van der Waals surface area contributed by atoms with Gasteiger partial charge in [-0.3, -0.25) is 19.7 Å². The van der Waals surface area contributed by atoms with Crippen LogP contribution in [0.3, 0.4) is 0 Å². The van der Waals surface area contributed by atoms with Crippen molar-refractivity contribution in [2.75, 3.05) is 10.6 Å². The topological polar surface area (TPSA) is 106 Å². The molecule has 0 aromatic carbocycles. The van der Waals surface area contributed by atoms with Crippen LogP contribution < -0.4 is 16.2 Å². The fraction of sp³-hybridized carbons (Fsp3) is 0.316. The molecule has 29 heavy (non-hydrogen) atoms. The standard InChI is InChI=1S/C19H19N5O3S2/c1-11-2-4-13-14(8-11)29-19(21-13)23-17(27)12-3-5-16(26)24(9-12)10-15(25)22-18-20-6-7-28-18/h3,5-7,9,11H,2,4,8,10H2,1H3,(H,20,22,25)(H,21,23,27)/t11-/m1/s1. The summed E-state index contributed by atoms with van der Waals surface area (Å²) < 4.78 is 1.20. The molecule has 0 saturated heterocycles. The van der Waals surface area contributed by atoms with Crippen molar-refractivity contribution in [2.24, 2.45) is 5.92 Å². The summed E-state index contributed by atoms with van der Waals surface area (Å²) >= 11 is 2.79. The van der Waals surface area contributed by atoms with Gasteiger partial charge in [0.25, 0.3) is 11.5 Å². The van der Waals surface area contributed by atoms with Gasteiger partial charge in [-0.25, -0.2) is 9.97 Å². The van der Waals surface area contributed by atoms with Gasteiger partial charge < -0.3 is 9.88 Å². The van der Waals surface area contributed by atoms with E-state index in [2.05, 4.69) is 27.5 Å². The maximum Gasteiger partial charge on any atom is 0.258 e. The van der Waals surface area contributed by atoms with Crippen molar-refractivity contribution in [3.05, 3.63) is 56.4 Å². The van der Waals surface area contributed by atoms with E-state index in [1.54, 1.807) is 11.6 Å². The lowest BCUT2D eigenvalue weighted by Crippen LogP contribution is -2.28. The Balaban J connectivity index is 1.46. The minimum Gasteiger partial charge on any atom is -0.305 e. The number of nitrogens with zero attached hydrogens (tertiary/aromatic N) is 3. The Morgan fingerprint density at radius 1 is 1.28 bits per heavy atom. The largest absolute Gasteiger partial charge is 0.305 e. The van der Waals surface area contributed by atoms with Crippen LogP contribution in [0.1, 0.15) is 34.3 Å². The van der Waals surface area contributed by atoms with Gasteiger partial charge in [0.15, 0.2) is 10.3 Å². The van der Waals surface area contributed by atoms with E-state index in [1.165, 1.54) is 50.4 Å². The molecule has 10 heteroatoms. The lowest BCUT2D eigenvalue weighted by Gasteiger charge is -2.15. The molecule has 0 aliphatic heterocycles. The highest BCUT2D eigenvalue weighted by Crippen LogP contribution is 2.32. The van der Waals surface area contributed by atoms with Gasteiger partial charge in [-0.2, -0.15) is 0 Å². The second-order valence-corrected chi connectivity index (χ2v) is 8.94. The number of thiazole rings is 2. The quantitative estimate of drug-likeness (QED) is 0.649. The van der Waals surface area contributed by atoms with E-state index >= 15 is 0 Å². The molecular formula is C19H19N5O3S2. The molecule has 2 amide bonds. The average Bonchev–Trinajstić information content (AvgIpc) is 3.32. The van der Waals surface area contributed by atoms with Crippen molar-refractivity contribution < 1.29 is 9.59 Å². The molecule has 3 aromatic heterocycles. The molecule has 1 atom stereocenters. The highest BCUT2D eigenvalue weighted by Gasteiger charge is 2.21. The molecule has 0 unspecified atom stereocenters. The van der Waals surface area contributed by atoms with Crippen molar-refractivity contribution in [3.63, 3.8) is 0 Å². The summed E-state index contributed by atoms with van der Waals surface area (Å²) in [5, 5.41) is 8.19. The number of carbonyl (C=O) groups is 2. The number of amides is 2. The maximum atomic E-state index is 12.6. The number of anilines is 2. The van der Waals surface area contributed by atoms with Gasteiger partial charge in [0.2, 0.25) is 5.91 Å². The molecule has 0 bridgehead atoms. The molecule has 2 N–H and O–H groups in total. The van der Waals surface area contributed by atoms with Gasteiger partial charge in [0.1, 0.15) is 6.54 Å². The molecular weight excluding hydrogens is 410 g/mol. The maximum absolute atomic E-state index is 12.6. The SMILES string of the molecule is C[C@@H]1CCc2nc(NC(=O)c3ccc(=O)n(CC(=O)Nc4nccs4)c3)sc2C1. The predicted molar refractivity (Wildman–Crippen MR) is 113 cm³/mol. The molecule has 3 aromatic rings. The summed E-state index contributed by atoms with van der Waals surface area (Å²) in [7, 11) is 0. The first-order valence-corrected chi connectivity index (χ1v) is 10.9. The van der Waals surface area contributed by atoms with Gasteiger partial charge in [-0.1, -0.05) is 6.92 Å². The molecule has 0 radical (unpaired) electrons. The summed E-state index contributed by atoms with van der Waals surface area (Å²) in [6, 6.07) is 2.72. The first kappa shape index (κ1) is 19.5. The van der Waals surface area contributed by atoms with Crippen LogP contribution in [0.4, 0.5) is 10.3 Å². The first-order chi connectivity index (χ1) is 14.0. The van der Waals surface area contributed by atoms with Crippen LogP contribution in [0.2, 0.25) is 0 Å². The molecule has 0 spiro atoms. The number of carbonyl (C=O) groups excluding carboxylic acids is 2. The van der Waals surface area contributed by atoms with Crippen molar-refractivity contribution in [3.8, 4) is 0 Å². The molecule has 1 aliphatic rings. The number of pyridine rings is 1. The van der Waals surface area contributed by atoms with Gasteiger partial charge in [-0.15, -0.1) is 22.7 Å². The van der Waals surface area contributed by atoms with Crippen LogP contribution >= 0.6 is 22.7 Å². The van der Waals surface area contributed by atoms with Gasteiger partial charge in [0, 0.05) is 28.7 Å². The van der Waals surface area contributed by atoms with Crippen LogP contribution in [-0.4, -0.2) is 26.3 Å². The number of hydrogen-bond acceptors (Lipinski definition) is 7. The normalized spacial score (nSPS) is 15.6. The second-order valence-electron chi connectivity index (χ2n) is 6.96. The van der Waals surface area contributed by atoms with E-state index < -0.39 is 0 Å². The van der Waals surface area contributed by atoms with Crippen LogP contribution in [0.15, 0.2) is 34.7 Å². The Kier molecular flexibility index (Phi) is 5.54. The van der Waals surface area contributed by atoms with Gasteiger partial charge in [0.05, 0.1) is 11.3 Å². The Labute approximate surface area is 174 Å². The van der Waals surface area contributed by atoms with Crippen molar-refractivity contribution in [1.29, 1.82) is 0 Å². The Morgan fingerprint density at radius 2 is 2.14 bits per heavy atom. The summed E-state index contributed by atoms with van der Waals surface area (Å²) in [5.41, 5.74) is 0.981. The fourth-order valence-corrected chi connectivity index (χ4v) is 4.86. The van der Waals surface area contributed by atoms with E-state index in [9.17, 15) is 14.4 Å². The molecule has 4 rings (SSSR count). The predicted octanol–water partition coefficient (Wildman–Crippen LogP) is 2.78. The smallest absolute Gasteiger partial charge is 0.258 e. The third-order valence-electron chi connectivity index (χ3n) is 4.64. The minimum atomic E-state index is -0.388. The minimum absolute atomic E-state index is 0.205. The number of hydrogen-bond donors (Lipinski definition) is 2. The molecule has 150 valence electrons. The highest BCUT2D eigenvalue weighted by molar-refractivity contribution is 7.16. The molecule has 8 nitrogen and oxygen atoms in total. The molecule has 0 fully saturated rings. The third-order valence-corrected chi connectivity index (χ3v) is 6.37. The van der Waals surface area contributed by atoms with Gasteiger partial charge in [-0.05, 0) is 31.2 Å². The second kappa shape index (κ2) is 8.26. The van der Waals surface area contributed by atoms with E-state index in [-0.39, 0.29) is 29.5 Å². The Morgan fingerprint density at radius 3 is 2.93 bits per heavy atom. The van der Waals surface area contributed by atoms with Crippen LogP contribution in [0, 0.1) is 5.92 Å². The first-order valence-electron chi connectivity index (χ1n) is 9.17. The van der Waals surface area contributed by atoms with Crippen LogP contribution in [0.25, 0.3) is 0 Å². The zero-order chi connectivity index (χ0) is 20.4. The number of nitrogens with one attached hydrogen (secondary N) is 2. The Bertz CT molecular complexity index is 1100. The number of aromatic nitrogens is 3. The van der Waals surface area contributed by atoms with Crippen molar-refractivity contribution >= 4 is 44.8 Å². The summed E-state index contributed by atoms with van der Waals surface area (Å²) in [5.74, 6) is -0.120. The molecule has 3 heterocycles.